The van der Waals surface area contributed by atoms with Gasteiger partial charge in [-0.2, -0.15) is 0 Å². The molecule has 0 saturated carbocycles. The van der Waals surface area contributed by atoms with Crippen molar-refractivity contribution in [3.8, 4) is 0 Å². The van der Waals surface area contributed by atoms with Crippen LogP contribution < -0.4 is 5.73 Å². The number of hydrogen-bond donors (Lipinski definition) is 1. The summed E-state index contributed by atoms with van der Waals surface area (Å²) in [4.78, 5) is 20.0. The summed E-state index contributed by atoms with van der Waals surface area (Å²) in [6, 6.07) is 3.70. The van der Waals surface area contributed by atoms with Crippen molar-refractivity contribution in [3.05, 3.63) is 48.3 Å². The molecule has 88 valence electrons. The van der Waals surface area contributed by atoms with Gasteiger partial charge in [0.2, 0.25) is 5.91 Å². The lowest BCUT2D eigenvalue weighted by Gasteiger charge is -2.05. The minimum Gasteiger partial charge on any atom is -0.330 e. The van der Waals surface area contributed by atoms with Crippen molar-refractivity contribution in [3.63, 3.8) is 0 Å². The summed E-state index contributed by atoms with van der Waals surface area (Å²) in [6.07, 6.45) is 7.56. The van der Waals surface area contributed by atoms with Gasteiger partial charge in [-0.15, -0.1) is 0 Å². The second kappa shape index (κ2) is 5.36. The summed E-state index contributed by atoms with van der Waals surface area (Å²) < 4.78 is 1.56. The number of imidazole rings is 1. The molecule has 0 spiro atoms. The molecule has 0 bridgehead atoms. The molecule has 0 radical (unpaired) electrons. The Morgan fingerprint density at radius 1 is 1.35 bits per heavy atom. The molecule has 2 aromatic heterocycles. The largest absolute Gasteiger partial charge is 0.330 e. The highest BCUT2D eigenvalue weighted by Gasteiger charge is 2.10. The van der Waals surface area contributed by atoms with E-state index in [1.807, 2.05) is 12.1 Å². The Bertz CT molecular complexity index is 492. The van der Waals surface area contributed by atoms with E-state index in [1.54, 1.807) is 23.2 Å². The number of nitrogens with two attached hydrogens (primary N) is 1. The lowest BCUT2D eigenvalue weighted by Crippen LogP contribution is -2.17. The first-order chi connectivity index (χ1) is 8.31. The Hall–Kier alpha value is -2.01. The van der Waals surface area contributed by atoms with E-state index in [0.717, 1.165) is 11.3 Å². The van der Waals surface area contributed by atoms with E-state index < -0.39 is 0 Å². The minimum atomic E-state index is -0.0149. The molecular weight excluding hydrogens is 216 g/mol. The molecule has 2 aromatic rings. The molecule has 0 aliphatic rings. The molecule has 5 nitrogen and oxygen atoms in total. The van der Waals surface area contributed by atoms with Crippen LogP contribution in [0.25, 0.3) is 0 Å². The van der Waals surface area contributed by atoms with Gasteiger partial charge in [-0.25, -0.2) is 4.98 Å². The first-order valence-corrected chi connectivity index (χ1v) is 5.44. The summed E-state index contributed by atoms with van der Waals surface area (Å²) in [5.74, 6) is -0.0149. The predicted molar refractivity (Wildman–Crippen MR) is 63.6 cm³/mol. The van der Waals surface area contributed by atoms with Gasteiger partial charge in [0.1, 0.15) is 6.33 Å². The highest BCUT2D eigenvalue weighted by atomic mass is 16.2. The predicted octanol–water partition coefficient (Wildman–Crippen LogP) is 0.662. The summed E-state index contributed by atoms with van der Waals surface area (Å²) in [6.45, 7) is 0.506. The van der Waals surface area contributed by atoms with Crippen LogP contribution in [0.3, 0.4) is 0 Å². The third-order valence-corrected chi connectivity index (χ3v) is 2.46. The van der Waals surface area contributed by atoms with E-state index in [4.69, 9.17) is 5.73 Å². The first-order valence-electron chi connectivity index (χ1n) is 5.44. The number of pyridine rings is 1. The fourth-order valence-electron chi connectivity index (χ4n) is 1.64. The van der Waals surface area contributed by atoms with Crippen LogP contribution in [0.1, 0.15) is 16.1 Å². The van der Waals surface area contributed by atoms with Gasteiger partial charge in [0.25, 0.3) is 0 Å². The molecule has 5 heteroatoms. The standard InChI is InChI=1S/C12H14N4O/c13-4-3-11-8-15-9-16(11)12(17)6-10-2-1-5-14-7-10/h1-2,5,7-9H,3-4,6,13H2. The van der Waals surface area contributed by atoms with Crippen molar-refractivity contribution in [1.82, 2.24) is 14.5 Å². The van der Waals surface area contributed by atoms with Gasteiger partial charge in [0.15, 0.2) is 0 Å². The fraction of sp³-hybridized carbons (Fsp3) is 0.250. The molecule has 2 N–H and O–H groups in total. The van der Waals surface area contributed by atoms with Crippen LogP contribution in [0.15, 0.2) is 37.1 Å². The normalized spacial score (nSPS) is 10.4. The summed E-state index contributed by atoms with van der Waals surface area (Å²) in [5.41, 5.74) is 7.22. The van der Waals surface area contributed by atoms with Gasteiger partial charge >= 0.3 is 0 Å². The topological polar surface area (TPSA) is 73.8 Å². The van der Waals surface area contributed by atoms with E-state index in [0.29, 0.717) is 19.4 Å². The molecule has 0 aliphatic heterocycles. The second-order valence-corrected chi connectivity index (χ2v) is 3.73. The highest BCUT2D eigenvalue weighted by molar-refractivity contribution is 5.81. The molecular formula is C12H14N4O. The Kier molecular flexibility index (Phi) is 3.62. The van der Waals surface area contributed by atoms with Gasteiger partial charge in [0, 0.05) is 30.7 Å². The number of aromatic nitrogens is 3. The molecule has 0 unspecified atom stereocenters. The number of carbonyl (C=O) groups is 1. The van der Waals surface area contributed by atoms with Crippen molar-refractivity contribution in [2.45, 2.75) is 12.8 Å². The van der Waals surface area contributed by atoms with Gasteiger partial charge in [0.05, 0.1) is 6.42 Å². The lowest BCUT2D eigenvalue weighted by molar-refractivity contribution is 0.0911. The average molecular weight is 230 g/mol. The van der Waals surface area contributed by atoms with E-state index in [1.165, 1.54) is 6.33 Å². The monoisotopic (exact) mass is 230 g/mol. The molecule has 0 saturated heterocycles. The molecule has 2 heterocycles. The van der Waals surface area contributed by atoms with Gasteiger partial charge in [-0.05, 0) is 18.2 Å². The van der Waals surface area contributed by atoms with Crippen molar-refractivity contribution in [2.24, 2.45) is 5.73 Å². The Morgan fingerprint density at radius 3 is 2.94 bits per heavy atom. The second-order valence-electron chi connectivity index (χ2n) is 3.73. The molecule has 0 atom stereocenters. The molecule has 2 rings (SSSR count). The van der Waals surface area contributed by atoms with Crippen LogP contribution in [-0.2, 0) is 12.8 Å². The highest BCUT2D eigenvalue weighted by Crippen LogP contribution is 2.04. The molecule has 0 amide bonds. The van der Waals surface area contributed by atoms with Crippen LogP contribution in [0.5, 0.6) is 0 Å². The summed E-state index contributed by atoms with van der Waals surface area (Å²) in [7, 11) is 0. The maximum atomic E-state index is 12.0. The number of nitrogens with zero attached hydrogens (tertiary/aromatic N) is 3. The van der Waals surface area contributed by atoms with Crippen LogP contribution in [0.4, 0.5) is 0 Å². The quantitative estimate of drug-likeness (QED) is 0.837. The van der Waals surface area contributed by atoms with E-state index in [-0.39, 0.29) is 5.91 Å². The van der Waals surface area contributed by atoms with E-state index in [9.17, 15) is 4.79 Å². The van der Waals surface area contributed by atoms with Gasteiger partial charge in [-0.3, -0.25) is 14.3 Å². The van der Waals surface area contributed by atoms with Crippen molar-refractivity contribution in [1.29, 1.82) is 0 Å². The van der Waals surface area contributed by atoms with Crippen molar-refractivity contribution < 1.29 is 4.79 Å². The van der Waals surface area contributed by atoms with Gasteiger partial charge in [-0.1, -0.05) is 6.07 Å². The van der Waals surface area contributed by atoms with Crippen LogP contribution >= 0.6 is 0 Å². The molecule has 0 aliphatic carbocycles. The van der Waals surface area contributed by atoms with E-state index >= 15 is 0 Å². The Labute approximate surface area is 99.3 Å². The smallest absolute Gasteiger partial charge is 0.236 e. The third-order valence-electron chi connectivity index (χ3n) is 2.46. The summed E-state index contributed by atoms with van der Waals surface area (Å²) in [5, 5.41) is 0. The number of hydrogen-bond acceptors (Lipinski definition) is 4. The van der Waals surface area contributed by atoms with E-state index in [2.05, 4.69) is 9.97 Å². The zero-order valence-electron chi connectivity index (χ0n) is 9.41. The van der Waals surface area contributed by atoms with Crippen LogP contribution in [0.2, 0.25) is 0 Å². The lowest BCUT2D eigenvalue weighted by atomic mass is 10.2. The maximum Gasteiger partial charge on any atom is 0.236 e. The zero-order chi connectivity index (χ0) is 12.1. The molecule has 0 fully saturated rings. The first kappa shape index (κ1) is 11.5. The third kappa shape index (κ3) is 2.76. The average Bonchev–Trinajstić information content (AvgIpc) is 2.79. The number of carbonyl (C=O) groups excluding carboxylic acids is 1. The van der Waals surface area contributed by atoms with Crippen molar-refractivity contribution in [2.75, 3.05) is 6.54 Å². The summed E-state index contributed by atoms with van der Waals surface area (Å²) >= 11 is 0. The van der Waals surface area contributed by atoms with Crippen LogP contribution in [-0.4, -0.2) is 27.0 Å². The van der Waals surface area contributed by atoms with Gasteiger partial charge < -0.3 is 5.73 Å². The fourth-order valence-corrected chi connectivity index (χ4v) is 1.64. The Morgan fingerprint density at radius 2 is 2.24 bits per heavy atom. The SMILES string of the molecule is NCCc1cncn1C(=O)Cc1cccnc1. The number of rotatable bonds is 4. The van der Waals surface area contributed by atoms with Crippen LogP contribution in [0, 0.1) is 0 Å². The molecule has 17 heavy (non-hydrogen) atoms. The molecule has 0 aromatic carbocycles. The Balaban J connectivity index is 2.12. The van der Waals surface area contributed by atoms with Crippen molar-refractivity contribution >= 4 is 5.91 Å². The zero-order valence-corrected chi connectivity index (χ0v) is 9.41. The minimum absolute atomic E-state index is 0.0149. The maximum absolute atomic E-state index is 12.0.